The van der Waals surface area contributed by atoms with E-state index in [1.807, 2.05) is 29.2 Å². The molecule has 2 aliphatic rings. The third-order valence-electron chi connectivity index (χ3n) is 3.96. The Hall–Kier alpha value is -1.26. The van der Waals surface area contributed by atoms with Gasteiger partial charge in [0, 0.05) is 18.1 Å². The summed E-state index contributed by atoms with van der Waals surface area (Å²) in [6.07, 6.45) is 1.87. The van der Waals surface area contributed by atoms with Crippen LogP contribution in [-0.2, 0) is 11.3 Å². The number of amides is 1. The molecule has 102 valence electrons. The molecule has 19 heavy (non-hydrogen) atoms. The lowest BCUT2D eigenvalue weighted by atomic mass is 9.89. The van der Waals surface area contributed by atoms with Gasteiger partial charge >= 0.3 is 6.09 Å². The molecule has 1 amide bonds. The van der Waals surface area contributed by atoms with Crippen LogP contribution in [0, 0.1) is 0 Å². The summed E-state index contributed by atoms with van der Waals surface area (Å²) in [6.45, 7) is 2.90. The van der Waals surface area contributed by atoms with E-state index >= 15 is 0 Å². The normalized spacial score (nSPS) is 26.8. The SMILES string of the molecule is O=C1OCC2(CCCNC2)N1Cc1ccc(Cl)cc1. The molecule has 0 bridgehead atoms. The van der Waals surface area contributed by atoms with E-state index in [-0.39, 0.29) is 11.6 Å². The highest BCUT2D eigenvalue weighted by Crippen LogP contribution is 2.32. The number of rotatable bonds is 2. The number of nitrogens with zero attached hydrogens (tertiary/aromatic N) is 1. The molecule has 2 saturated heterocycles. The number of benzene rings is 1. The van der Waals surface area contributed by atoms with Crippen molar-refractivity contribution in [2.24, 2.45) is 0 Å². The van der Waals surface area contributed by atoms with Gasteiger partial charge < -0.3 is 10.1 Å². The van der Waals surface area contributed by atoms with Gasteiger partial charge in [0.1, 0.15) is 6.61 Å². The lowest BCUT2D eigenvalue weighted by molar-refractivity contribution is 0.124. The fraction of sp³-hybridized carbons (Fsp3) is 0.500. The van der Waals surface area contributed by atoms with E-state index in [2.05, 4.69) is 5.32 Å². The predicted octanol–water partition coefficient (Wildman–Crippen LogP) is 2.41. The number of hydrogen-bond donors (Lipinski definition) is 1. The van der Waals surface area contributed by atoms with Crippen LogP contribution in [0.2, 0.25) is 5.02 Å². The molecule has 1 N–H and O–H groups in total. The van der Waals surface area contributed by atoms with E-state index in [0.29, 0.717) is 18.2 Å². The molecule has 5 heteroatoms. The summed E-state index contributed by atoms with van der Waals surface area (Å²) < 4.78 is 5.28. The summed E-state index contributed by atoms with van der Waals surface area (Å²) in [5.74, 6) is 0. The number of carbonyl (C=O) groups excluding carboxylic acids is 1. The molecule has 0 radical (unpaired) electrons. The molecule has 0 aromatic heterocycles. The van der Waals surface area contributed by atoms with Crippen LogP contribution >= 0.6 is 11.6 Å². The monoisotopic (exact) mass is 280 g/mol. The second-order valence-corrected chi connectivity index (χ2v) is 5.71. The third-order valence-corrected chi connectivity index (χ3v) is 4.21. The van der Waals surface area contributed by atoms with Gasteiger partial charge in [-0.3, -0.25) is 4.90 Å². The minimum Gasteiger partial charge on any atom is -0.447 e. The van der Waals surface area contributed by atoms with Gasteiger partial charge in [-0.2, -0.15) is 0 Å². The highest BCUT2D eigenvalue weighted by Gasteiger charge is 2.47. The number of nitrogens with one attached hydrogen (secondary N) is 1. The maximum atomic E-state index is 12.0. The minimum absolute atomic E-state index is 0.172. The quantitative estimate of drug-likeness (QED) is 0.905. The van der Waals surface area contributed by atoms with Crippen LogP contribution in [0.4, 0.5) is 4.79 Å². The van der Waals surface area contributed by atoms with Crippen LogP contribution < -0.4 is 5.32 Å². The van der Waals surface area contributed by atoms with Gasteiger partial charge in [0.15, 0.2) is 0 Å². The van der Waals surface area contributed by atoms with E-state index in [0.717, 1.165) is 31.5 Å². The van der Waals surface area contributed by atoms with Gasteiger partial charge in [0.25, 0.3) is 0 Å². The summed E-state index contributed by atoms with van der Waals surface area (Å²) in [5, 5.41) is 4.08. The van der Waals surface area contributed by atoms with Crippen LogP contribution in [0.25, 0.3) is 0 Å². The summed E-state index contributed by atoms with van der Waals surface area (Å²) in [6, 6.07) is 7.62. The van der Waals surface area contributed by atoms with Crippen molar-refractivity contribution >= 4 is 17.7 Å². The van der Waals surface area contributed by atoms with Crippen molar-refractivity contribution in [2.45, 2.75) is 24.9 Å². The average Bonchev–Trinajstić information content (AvgIpc) is 2.72. The third kappa shape index (κ3) is 2.42. The number of cyclic esters (lactones) is 1. The molecule has 2 fully saturated rings. The highest BCUT2D eigenvalue weighted by atomic mass is 35.5. The smallest absolute Gasteiger partial charge is 0.410 e. The van der Waals surface area contributed by atoms with E-state index in [1.54, 1.807) is 0 Å². The molecular formula is C14H17ClN2O2. The largest absolute Gasteiger partial charge is 0.447 e. The molecule has 1 unspecified atom stereocenters. The van der Waals surface area contributed by atoms with Crippen molar-refractivity contribution < 1.29 is 9.53 Å². The standard InChI is InChI=1S/C14H17ClN2O2/c15-12-4-2-11(3-5-12)8-17-13(18)19-10-14(17)6-1-7-16-9-14/h2-5,16H,1,6-10H2. The molecule has 2 aliphatic heterocycles. The second kappa shape index (κ2) is 5.02. The molecule has 1 atom stereocenters. The van der Waals surface area contributed by atoms with E-state index < -0.39 is 0 Å². The number of halogens is 1. The number of ether oxygens (including phenoxy) is 1. The van der Waals surface area contributed by atoms with E-state index in [9.17, 15) is 4.79 Å². The fourth-order valence-corrected chi connectivity index (χ4v) is 2.98. The Morgan fingerprint density at radius 2 is 2.16 bits per heavy atom. The average molecular weight is 281 g/mol. The maximum absolute atomic E-state index is 12.0. The summed E-state index contributed by atoms with van der Waals surface area (Å²) in [7, 11) is 0. The van der Waals surface area contributed by atoms with Crippen LogP contribution in [-0.4, -0.2) is 36.2 Å². The van der Waals surface area contributed by atoms with Gasteiger partial charge in [-0.15, -0.1) is 0 Å². The van der Waals surface area contributed by atoms with Crippen molar-refractivity contribution in [1.82, 2.24) is 10.2 Å². The maximum Gasteiger partial charge on any atom is 0.410 e. The molecular weight excluding hydrogens is 264 g/mol. The van der Waals surface area contributed by atoms with Gasteiger partial charge in [-0.05, 0) is 37.1 Å². The lowest BCUT2D eigenvalue weighted by Crippen LogP contribution is -2.56. The van der Waals surface area contributed by atoms with E-state index in [4.69, 9.17) is 16.3 Å². The van der Waals surface area contributed by atoms with Crippen molar-refractivity contribution in [3.63, 3.8) is 0 Å². The molecule has 1 aromatic carbocycles. The van der Waals surface area contributed by atoms with Gasteiger partial charge in [0.05, 0.1) is 5.54 Å². The van der Waals surface area contributed by atoms with Crippen LogP contribution in [0.3, 0.4) is 0 Å². The highest BCUT2D eigenvalue weighted by molar-refractivity contribution is 6.30. The Morgan fingerprint density at radius 3 is 2.84 bits per heavy atom. The first kappa shape index (κ1) is 12.8. The predicted molar refractivity (Wildman–Crippen MR) is 73.2 cm³/mol. The van der Waals surface area contributed by atoms with Crippen LogP contribution in [0.1, 0.15) is 18.4 Å². The Labute approximate surface area is 117 Å². The Balaban J connectivity index is 1.80. The van der Waals surface area contributed by atoms with Gasteiger partial charge in [0.2, 0.25) is 0 Å². The zero-order chi connectivity index (χ0) is 13.3. The number of carbonyl (C=O) groups is 1. The molecule has 1 aromatic rings. The Bertz CT molecular complexity index is 469. The van der Waals surface area contributed by atoms with Crippen LogP contribution in [0.5, 0.6) is 0 Å². The van der Waals surface area contributed by atoms with Crippen molar-refractivity contribution in [3.05, 3.63) is 34.9 Å². The lowest BCUT2D eigenvalue weighted by Gasteiger charge is -2.38. The topological polar surface area (TPSA) is 41.6 Å². The summed E-state index contributed by atoms with van der Waals surface area (Å²) >= 11 is 5.88. The molecule has 2 heterocycles. The summed E-state index contributed by atoms with van der Waals surface area (Å²) in [4.78, 5) is 13.8. The molecule has 0 saturated carbocycles. The molecule has 1 spiro atoms. The zero-order valence-electron chi connectivity index (χ0n) is 10.7. The number of hydrogen-bond acceptors (Lipinski definition) is 3. The molecule has 3 rings (SSSR count). The first-order valence-corrected chi connectivity index (χ1v) is 6.97. The van der Waals surface area contributed by atoms with Gasteiger partial charge in [-0.1, -0.05) is 23.7 Å². The van der Waals surface area contributed by atoms with Crippen molar-refractivity contribution in [2.75, 3.05) is 19.7 Å². The number of piperidine rings is 1. The van der Waals surface area contributed by atoms with Crippen molar-refractivity contribution in [1.29, 1.82) is 0 Å². The van der Waals surface area contributed by atoms with E-state index in [1.165, 1.54) is 0 Å². The molecule has 0 aliphatic carbocycles. The summed E-state index contributed by atoms with van der Waals surface area (Å²) in [5.41, 5.74) is 0.905. The second-order valence-electron chi connectivity index (χ2n) is 5.27. The minimum atomic E-state index is -0.210. The van der Waals surface area contributed by atoms with Crippen LogP contribution in [0.15, 0.2) is 24.3 Å². The first-order valence-electron chi connectivity index (χ1n) is 6.59. The van der Waals surface area contributed by atoms with Gasteiger partial charge in [-0.25, -0.2) is 4.79 Å². The molecule has 4 nitrogen and oxygen atoms in total. The zero-order valence-corrected chi connectivity index (χ0v) is 11.4. The Kier molecular flexibility index (Phi) is 3.37. The fourth-order valence-electron chi connectivity index (χ4n) is 2.86. The van der Waals surface area contributed by atoms with Crippen molar-refractivity contribution in [3.8, 4) is 0 Å². The Morgan fingerprint density at radius 1 is 1.37 bits per heavy atom. The first-order chi connectivity index (χ1) is 9.20.